The molecule has 2 N–H and O–H groups in total. The molecule has 41 heavy (non-hydrogen) atoms. The number of anilines is 2. The minimum Gasteiger partial charge on any atom is -0.383 e. The third-order valence-electron chi connectivity index (χ3n) is 7.61. The van der Waals surface area contributed by atoms with E-state index in [0.717, 1.165) is 42.6 Å². The van der Waals surface area contributed by atoms with Crippen LogP contribution >= 0.6 is 0 Å². The van der Waals surface area contributed by atoms with Gasteiger partial charge in [0.1, 0.15) is 17.8 Å². The smallest absolute Gasteiger partial charge is 0.213 e. The highest BCUT2D eigenvalue weighted by molar-refractivity contribution is 5.99. The van der Waals surface area contributed by atoms with Crippen molar-refractivity contribution in [3.05, 3.63) is 70.2 Å². The monoisotopic (exact) mass is 549 g/mol. The Balaban J connectivity index is 1.50. The minimum absolute atomic E-state index is 0.0406. The maximum Gasteiger partial charge on any atom is 0.213 e. The molecule has 1 unspecified atom stereocenters. The van der Waals surface area contributed by atoms with Crippen LogP contribution in [0.1, 0.15) is 98.2 Å². The molecule has 1 atom stereocenters. The number of nitrogens with zero attached hydrogens (tertiary/aromatic N) is 7. The first-order valence-corrected chi connectivity index (χ1v) is 14.0. The number of rotatable bonds is 8. The van der Waals surface area contributed by atoms with Gasteiger partial charge in [0, 0.05) is 41.0 Å². The van der Waals surface area contributed by atoms with E-state index in [-0.39, 0.29) is 5.41 Å². The molecule has 0 amide bonds. The average Bonchev–Trinajstić information content (AvgIpc) is 3.88. The molecule has 0 bridgehead atoms. The van der Waals surface area contributed by atoms with Crippen molar-refractivity contribution in [1.82, 2.24) is 25.0 Å². The first kappa shape index (κ1) is 26.6. The fourth-order valence-corrected chi connectivity index (χ4v) is 5.27. The molecule has 0 aliphatic heterocycles. The van der Waals surface area contributed by atoms with Crippen molar-refractivity contribution in [2.75, 3.05) is 17.2 Å². The Bertz CT molecular complexity index is 1730. The number of hydrogen-bond donors (Lipinski definition) is 2. The largest absolute Gasteiger partial charge is 0.383 e. The van der Waals surface area contributed by atoms with E-state index in [2.05, 4.69) is 68.5 Å². The number of halogens is 1. The number of fused-ring (bicyclic) bond motifs is 1. The van der Waals surface area contributed by atoms with Crippen LogP contribution in [0.5, 0.6) is 0 Å². The second-order valence-electron chi connectivity index (χ2n) is 12.3. The summed E-state index contributed by atoms with van der Waals surface area (Å²) in [6.45, 7) is 8.74. The van der Waals surface area contributed by atoms with Crippen LogP contribution in [0.4, 0.5) is 15.8 Å². The number of pyridine rings is 2. The molecule has 208 valence electrons. The Morgan fingerprint density at radius 3 is 2.49 bits per heavy atom. The Morgan fingerprint density at radius 1 is 1.10 bits per heavy atom. The molecule has 3 heterocycles. The molecule has 0 radical (unpaired) electrons. The van der Waals surface area contributed by atoms with Crippen LogP contribution in [-0.4, -0.2) is 31.5 Å². The van der Waals surface area contributed by atoms with Gasteiger partial charge in [-0.25, -0.2) is 9.67 Å². The second-order valence-corrected chi connectivity index (χ2v) is 12.3. The fourth-order valence-electron chi connectivity index (χ4n) is 5.27. The summed E-state index contributed by atoms with van der Waals surface area (Å²) in [6.07, 6.45) is 5.86. The number of hydrogen-bond acceptors (Lipinski definition) is 8. The normalized spacial score (nSPS) is 15.8. The highest BCUT2D eigenvalue weighted by Gasteiger charge is 2.39. The van der Waals surface area contributed by atoms with Gasteiger partial charge in [0.15, 0.2) is 0 Å². The van der Waals surface area contributed by atoms with E-state index in [1.54, 1.807) is 19.1 Å². The number of nitriles is 2. The van der Waals surface area contributed by atoms with Crippen molar-refractivity contribution < 1.29 is 4.39 Å². The van der Waals surface area contributed by atoms with Gasteiger partial charge in [-0.1, -0.05) is 32.1 Å². The van der Waals surface area contributed by atoms with Gasteiger partial charge in [-0.15, -0.1) is 5.10 Å². The topological polar surface area (TPSA) is 128 Å². The Labute approximate surface area is 238 Å². The molecule has 10 heteroatoms. The van der Waals surface area contributed by atoms with Gasteiger partial charge >= 0.3 is 0 Å². The number of aromatic nitrogens is 5. The fraction of sp³-hybridized carbons (Fsp3) is 0.419. The van der Waals surface area contributed by atoms with Gasteiger partial charge in [-0.05, 0) is 56.2 Å². The van der Waals surface area contributed by atoms with Crippen LogP contribution in [0.25, 0.3) is 10.9 Å². The van der Waals surface area contributed by atoms with Crippen molar-refractivity contribution >= 4 is 22.3 Å². The lowest BCUT2D eigenvalue weighted by molar-refractivity contribution is 0.443. The highest BCUT2D eigenvalue weighted by atomic mass is 19.1. The third kappa shape index (κ3) is 5.30. The molecule has 1 aromatic carbocycles. The lowest BCUT2D eigenvalue weighted by Gasteiger charge is -2.23. The first-order chi connectivity index (χ1) is 19.7. The Morgan fingerprint density at radius 2 is 1.85 bits per heavy atom. The summed E-state index contributed by atoms with van der Waals surface area (Å²) in [5.41, 5.74) is 5.80. The third-order valence-corrected chi connectivity index (χ3v) is 7.61. The van der Waals surface area contributed by atoms with Crippen LogP contribution < -0.4 is 10.6 Å². The zero-order valence-electron chi connectivity index (χ0n) is 23.7. The van der Waals surface area contributed by atoms with Crippen LogP contribution in [0.2, 0.25) is 0 Å². The molecule has 2 fully saturated rings. The van der Waals surface area contributed by atoms with Gasteiger partial charge in [0.2, 0.25) is 5.95 Å². The van der Waals surface area contributed by atoms with E-state index in [1.807, 2.05) is 6.07 Å². The molecule has 3 aromatic heterocycles. The number of aryl methyl sites for hydroxylation is 1. The molecular formula is C31H32FN9. The quantitative estimate of drug-likeness (QED) is 0.246. The first-order valence-electron chi connectivity index (χ1n) is 14.0. The summed E-state index contributed by atoms with van der Waals surface area (Å²) in [6, 6.07) is 11.2. The van der Waals surface area contributed by atoms with Crippen molar-refractivity contribution in [2.24, 2.45) is 5.41 Å². The molecule has 2 aliphatic rings. The van der Waals surface area contributed by atoms with E-state index >= 15 is 0 Å². The van der Waals surface area contributed by atoms with Gasteiger partial charge in [-0.3, -0.25) is 4.98 Å². The molecule has 4 aromatic rings. The Kier molecular flexibility index (Phi) is 6.57. The van der Waals surface area contributed by atoms with Gasteiger partial charge in [0.25, 0.3) is 0 Å². The van der Waals surface area contributed by atoms with Crippen LogP contribution in [-0.2, 0) is 0 Å². The van der Waals surface area contributed by atoms with Crippen LogP contribution in [0, 0.1) is 40.9 Å². The molecular weight excluding hydrogens is 517 g/mol. The Hall–Kier alpha value is -4.57. The second kappa shape index (κ2) is 10.1. The minimum atomic E-state index is -0.545. The predicted octanol–water partition coefficient (Wildman–Crippen LogP) is 6.28. The van der Waals surface area contributed by atoms with E-state index in [9.17, 15) is 14.9 Å². The van der Waals surface area contributed by atoms with Gasteiger partial charge < -0.3 is 10.6 Å². The van der Waals surface area contributed by atoms with Crippen LogP contribution in [0.3, 0.4) is 0 Å². The zero-order valence-corrected chi connectivity index (χ0v) is 23.7. The van der Waals surface area contributed by atoms with E-state index in [0.29, 0.717) is 57.6 Å². The number of benzene rings is 1. The lowest BCUT2D eigenvalue weighted by Crippen LogP contribution is -2.20. The summed E-state index contributed by atoms with van der Waals surface area (Å²) >= 11 is 0. The maximum absolute atomic E-state index is 14.1. The predicted molar refractivity (Wildman–Crippen MR) is 154 cm³/mol. The summed E-state index contributed by atoms with van der Waals surface area (Å²) in [7, 11) is 0. The van der Waals surface area contributed by atoms with E-state index in [1.165, 1.54) is 12.3 Å². The van der Waals surface area contributed by atoms with Crippen molar-refractivity contribution in [2.45, 2.75) is 71.4 Å². The summed E-state index contributed by atoms with van der Waals surface area (Å²) in [4.78, 5) is 8.58. The molecule has 6 rings (SSSR count). The molecule has 0 spiro atoms. The molecule has 0 saturated heterocycles. The summed E-state index contributed by atoms with van der Waals surface area (Å²) < 4.78 is 16.2. The van der Waals surface area contributed by atoms with Crippen molar-refractivity contribution in [1.29, 1.82) is 10.5 Å². The SMILES string of the molecule is Cc1nc(F)ccc1C(Nc1cc(C#N)c2ncc(C#N)c(NCC(C)(C)C)c2c1)c1nnn(C2CC2)c1C1CC1. The standard InChI is InChI=1S/C31H32FN9/c1-17-23(9-10-25(32)37-17)28(29-30(18-5-6-18)41(40-39-29)22-7-8-22)38-21-11-19(13-33)26-24(12-21)27(20(14-34)15-35-26)36-16-31(2,3)4/h9-12,15,18,22,28,38H,5-8,16H2,1-4H3,(H,35,36). The zero-order chi connectivity index (χ0) is 28.9. The van der Waals surface area contributed by atoms with Crippen LogP contribution in [0.15, 0.2) is 30.5 Å². The van der Waals surface area contributed by atoms with Gasteiger partial charge in [0.05, 0.1) is 40.1 Å². The summed E-state index contributed by atoms with van der Waals surface area (Å²) in [5.74, 6) is -0.156. The highest BCUT2D eigenvalue weighted by Crippen LogP contribution is 2.48. The number of nitrogens with one attached hydrogen (secondary N) is 2. The van der Waals surface area contributed by atoms with Gasteiger partial charge in [-0.2, -0.15) is 14.9 Å². The van der Waals surface area contributed by atoms with E-state index in [4.69, 9.17) is 0 Å². The van der Waals surface area contributed by atoms with E-state index < -0.39 is 12.0 Å². The lowest BCUT2D eigenvalue weighted by atomic mass is 9.96. The van der Waals surface area contributed by atoms with Crippen molar-refractivity contribution in [3.8, 4) is 12.1 Å². The molecule has 2 saturated carbocycles. The van der Waals surface area contributed by atoms with Crippen molar-refractivity contribution in [3.63, 3.8) is 0 Å². The maximum atomic E-state index is 14.1. The molecule has 9 nitrogen and oxygen atoms in total. The average molecular weight is 550 g/mol. The molecule has 2 aliphatic carbocycles. The summed E-state index contributed by atoms with van der Waals surface area (Å²) in [5, 5.41) is 36.9.